The van der Waals surface area contributed by atoms with Gasteiger partial charge in [-0.2, -0.15) is 11.8 Å². The maximum atomic E-state index is 6.16. The lowest BCUT2D eigenvalue weighted by Gasteiger charge is -2.48. The van der Waals surface area contributed by atoms with Crippen LogP contribution < -0.4 is 5.73 Å². The van der Waals surface area contributed by atoms with Crippen LogP contribution in [0.3, 0.4) is 0 Å². The van der Waals surface area contributed by atoms with Crippen LogP contribution in [-0.4, -0.2) is 54.3 Å². The number of hydrogen-bond donors (Lipinski definition) is 1. The first-order chi connectivity index (χ1) is 8.72. The maximum absolute atomic E-state index is 6.16. The van der Waals surface area contributed by atoms with Crippen LogP contribution in [0.5, 0.6) is 0 Å². The molecule has 3 atom stereocenters. The highest BCUT2D eigenvalue weighted by Gasteiger charge is 2.42. The minimum absolute atomic E-state index is 0.188. The van der Waals surface area contributed by atoms with Gasteiger partial charge < -0.3 is 10.5 Å². The van der Waals surface area contributed by atoms with Crippen LogP contribution in [0.25, 0.3) is 0 Å². The summed E-state index contributed by atoms with van der Waals surface area (Å²) in [5, 5.41) is 0. The Balaban J connectivity index is 2.03. The lowest BCUT2D eigenvalue weighted by Crippen LogP contribution is -2.60. The van der Waals surface area contributed by atoms with Crippen molar-refractivity contribution in [1.29, 1.82) is 0 Å². The van der Waals surface area contributed by atoms with Gasteiger partial charge in [0.25, 0.3) is 0 Å². The van der Waals surface area contributed by atoms with Gasteiger partial charge in [-0.25, -0.2) is 0 Å². The van der Waals surface area contributed by atoms with Gasteiger partial charge in [-0.1, -0.05) is 13.3 Å². The van der Waals surface area contributed by atoms with Crippen LogP contribution >= 0.6 is 11.8 Å². The summed E-state index contributed by atoms with van der Waals surface area (Å²) in [6.07, 6.45) is 6.34. The Hall–Kier alpha value is 0.230. The maximum Gasteiger partial charge on any atom is 0.0593 e. The van der Waals surface area contributed by atoms with Gasteiger partial charge in [0.05, 0.1) is 6.10 Å². The second-order valence-electron chi connectivity index (χ2n) is 5.79. The van der Waals surface area contributed by atoms with E-state index in [1.807, 2.05) is 0 Å². The summed E-state index contributed by atoms with van der Waals surface area (Å²) in [5.41, 5.74) is 6.35. The van der Waals surface area contributed by atoms with Crippen molar-refractivity contribution in [2.45, 2.75) is 56.7 Å². The minimum atomic E-state index is 0.188. The number of nitrogens with two attached hydrogens (primary N) is 1. The number of hydrogen-bond acceptors (Lipinski definition) is 4. The molecule has 0 aromatic heterocycles. The molecule has 0 radical (unpaired) electrons. The largest absolute Gasteiger partial charge is 0.378 e. The molecule has 0 aromatic carbocycles. The Morgan fingerprint density at radius 1 is 1.50 bits per heavy atom. The molecule has 3 nitrogen and oxygen atoms in total. The van der Waals surface area contributed by atoms with E-state index >= 15 is 0 Å². The van der Waals surface area contributed by atoms with Gasteiger partial charge in [0.1, 0.15) is 0 Å². The van der Waals surface area contributed by atoms with Crippen LogP contribution in [0, 0.1) is 0 Å². The van der Waals surface area contributed by atoms with E-state index in [0.29, 0.717) is 6.10 Å². The van der Waals surface area contributed by atoms with E-state index in [1.165, 1.54) is 30.8 Å². The molecule has 106 valence electrons. The standard InChI is InChI=1S/C14H28N2OS/c1-3-4-13-9-14(11-15,6-7-17-13)16(2)12-5-8-18-10-12/h12-13H,3-11,15H2,1-2H3. The number of rotatable bonds is 5. The van der Waals surface area contributed by atoms with E-state index in [0.717, 1.165) is 32.0 Å². The first-order valence-electron chi connectivity index (χ1n) is 7.34. The lowest BCUT2D eigenvalue weighted by molar-refractivity contribution is -0.0752. The Bertz CT molecular complexity index is 256. The van der Waals surface area contributed by atoms with Gasteiger partial charge >= 0.3 is 0 Å². The van der Waals surface area contributed by atoms with Gasteiger partial charge in [-0.3, -0.25) is 4.90 Å². The normalized spacial score (nSPS) is 37.3. The van der Waals surface area contributed by atoms with Crippen molar-refractivity contribution in [2.75, 3.05) is 31.7 Å². The van der Waals surface area contributed by atoms with Gasteiger partial charge in [-0.15, -0.1) is 0 Å². The third-order valence-corrected chi connectivity index (χ3v) is 5.87. The molecule has 0 spiro atoms. The third-order valence-electron chi connectivity index (χ3n) is 4.72. The van der Waals surface area contributed by atoms with Crippen molar-refractivity contribution in [2.24, 2.45) is 5.73 Å². The van der Waals surface area contributed by atoms with E-state index in [9.17, 15) is 0 Å². The summed E-state index contributed by atoms with van der Waals surface area (Å²) in [4.78, 5) is 2.60. The minimum Gasteiger partial charge on any atom is -0.378 e. The Morgan fingerprint density at radius 2 is 2.33 bits per heavy atom. The average molecular weight is 272 g/mol. The molecule has 2 N–H and O–H groups in total. The van der Waals surface area contributed by atoms with E-state index in [4.69, 9.17) is 10.5 Å². The van der Waals surface area contributed by atoms with Crippen molar-refractivity contribution in [3.05, 3.63) is 0 Å². The molecule has 3 unspecified atom stereocenters. The van der Waals surface area contributed by atoms with Crippen LogP contribution in [0.2, 0.25) is 0 Å². The highest BCUT2D eigenvalue weighted by molar-refractivity contribution is 7.99. The van der Waals surface area contributed by atoms with Crippen LogP contribution in [0.15, 0.2) is 0 Å². The SMILES string of the molecule is CCCC1CC(CN)(N(C)C2CCSC2)CCO1. The monoisotopic (exact) mass is 272 g/mol. The van der Waals surface area contributed by atoms with Crippen molar-refractivity contribution >= 4 is 11.8 Å². The smallest absolute Gasteiger partial charge is 0.0593 e. The fourth-order valence-electron chi connectivity index (χ4n) is 3.37. The fraction of sp³-hybridized carbons (Fsp3) is 1.00. The molecular weight excluding hydrogens is 244 g/mol. The van der Waals surface area contributed by atoms with Crippen molar-refractivity contribution in [3.8, 4) is 0 Å². The summed E-state index contributed by atoms with van der Waals surface area (Å²) in [6, 6.07) is 0.721. The molecule has 4 heteroatoms. The predicted molar refractivity (Wildman–Crippen MR) is 79.2 cm³/mol. The highest BCUT2D eigenvalue weighted by Crippen LogP contribution is 2.35. The molecule has 0 aliphatic carbocycles. The summed E-state index contributed by atoms with van der Waals surface area (Å²) in [5.74, 6) is 2.59. The molecule has 0 saturated carbocycles. The topological polar surface area (TPSA) is 38.5 Å². The zero-order valence-electron chi connectivity index (χ0n) is 11.9. The van der Waals surface area contributed by atoms with Gasteiger partial charge in [-0.05, 0) is 38.5 Å². The first-order valence-corrected chi connectivity index (χ1v) is 8.49. The molecule has 0 aromatic rings. The van der Waals surface area contributed by atoms with E-state index < -0.39 is 0 Å². The molecule has 2 aliphatic rings. The van der Waals surface area contributed by atoms with Crippen molar-refractivity contribution in [1.82, 2.24) is 4.90 Å². The summed E-state index contributed by atoms with van der Waals surface area (Å²) < 4.78 is 5.90. The van der Waals surface area contributed by atoms with Crippen molar-refractivity contribution in [3.63, 3.8) is 0 Å². The Morgan fingerprint density at radius 3 is 2.94 bits per heavy atom. The van der Waals surface area contributed by atoms with Gasteiger partial charge in [0.15, 0.2) is 0 Å². The highest BCUT2D eigenvalue weighted by atomic mass is 32.2. The summed E-state index contributed by atoms with van der Waals surface area (Å²) in [6.45, 7) is 3.89. The van der Waals surface area contributed by atoms with E-state index in [-0.39, 0.29) is 5.54 Å². The molecule has 18 heavy (non-hydrogen) atoms. The Labute approximate surface area is 116 Å². The van der Waals surface area contributed by atoms with Crippen LogP contribution in [0.1, 0.15) is 39.0 Å². The first kappa shape index (κ1) is 14.6. The average Bonchev–Trinajstić information content (AvgIpc) is 2.92. The van der Waals surface area contributed by atoms with Gasteiger partial charge in [0.2, 0.25) is 0 Å². The van der Waals surface area contributed by atoms with Gasteiger partial charge in [0, 0.05) is 30.5 Å². The second-order valence-corrected chi connectivity index (χ2v) is 6.94. The third kappa shape index (κ3) is 3.03. The van der Waals surface area contributed by atoms with E-state index in [2.05, 4.69) is 30.6 Å². The number of likely N-dealkylation sites (N-methyl/N-ethyl adjacent to an activating group) is 1. The molecule has 2 fully saturated rings. The zero-order valence-corrected chi connectivity index (χ0v) is 12.7. The molecule has 2 saturated heterocycles. The molecule has 2 aliphatic heterocycles. The number of nitrogens with zero attached hydrogens (tertiary/aromatic N) is 1. The lowest BCUT2D eigenvalue weighted by atomic mass is 9.83. The summed E-state index contributed by atoms with van der Waals surface area (Å²) >= 11 is 2.08. The number of ether oxygens (including phenoxy) is 1. The summed E-state index contributed by atoms with van der Waals surface area (Å²) in [7, 11) is 2.29. The van der Waals surface area contributed by atoms with Crippen LogP contribution in [-0.2, 0) is 4.74 Å². The van der Waals surface area contributed by atoms with Crippen LogP contribution in [0.4, 0.5) is 0 Å². The zero-order chi connectivity index (χ0) is 13.0. The molecule has 0 amide bonds. The number of thioether (sulfide) groups is 1. The molecular formula is C14H28N2OS. The fourth-order valence-corrected chi connectivity index (χ4v) is 4.64. The molecule has 2 heterocycles. The predicted octanol–water partition coefficient (Wildman–Crippen LogP) is 2.10. The van der Waals surface area contributed by atoms with E-state index in [1.54, 1.807) is 0 Å². The molecule has 0 bridgehead atoms. The second kappa shape index (κ2) is 6.60. The molecule has 2 rings (SSSR count). The Kier molecular flexibility index (Phi) is 5.36. The van der Waals surface area contributed by atoms with Crippen molar-refractivity contribution < 1.29 is 4.74 Å². The quantitative estimate of drug-likeness (QED) is 0.832.